The van der Waals surface area contributed by atoms with Gasteiger partial charge in [0, 0.05) is 30.5 Å². The van der Waals surface area contributed by atoms with Crippen LogP contribution in [0.1, 0.15) is 50.9 Å². The van der Waals surface area contributed by atoms with Gasteiger partial charge in [-0.3, -0.25) is 0 Å². The van der Waals surface area contributed by atoms with Gasteiger partial charge in [0.25, 0.3) is 0 Å². The summed E-state index contributed by atoms with van der Waals surface area (Å²) in [5.41, 5.74) is 2.35. The third-order valence-corrected chi connectivity index (χ3v) is 5.03. The van der Waals surface area contributed by atoms with Crippen LogP contribution in [0.25, 0.3) is 0 Å². The minimum Gasteiger partial charge on any atom is -0.341 e. The lowest BCUT2D eigenvalue weighted by Gasteiger charge is -2.35. The predicted octanol–water partition coefficient (Wildman–Crippen LogP) is 2.57. The van der Waals surface area contributed by atoms with Gasteiger partial charge in [-0.25, -0.2) is 9.97 Å². The third kappa shape index (κ3) is 3.37. The van der Waals surface area contributed by atoms with Crippen LogP contribution in [0.4, 0.5) is 5.95 Å². The molecule has 2 fully saturated rings. The fourth-order valence-electron chi connectivity index (χ4n) is 3.66. The van der Waals surface area contributed by atoms with Crippen molar-refractivity contribution in [2.24, 2.45) is 5.92 Å². The minimum atomic E-state index is 0.765. The zero-order chi connectivity index (χ0) is 14.7. The average Bonchev–Trinajstić information content (AvgIpc) is 3.09. The zero-order valence-corrected chi connectivity index (χ0v) is 13.4. The number of hydrogen-bond acceptors (Lipinski definition) is 4. The summed E-state index contributed by atoms with van der Waals surface area (Å²) in [5.74, 6) is 1.81. The molecular weight excluding hydrogens is 260 g/mol. The first-order chi connectivity index (χ1) is 10.3. The molecule has 2 saturated heterocycles. The van der Waals surface area contributed by atoms with Crippen molar-refractivity contribution in [3.8, 4) is 0 Å². The highest BCUT2D eigenvalue weighted by Crippen LogP contribution is 2.27. The van der Waals surface area contributed by atoms with Gasteiger partial charge >= 0.3 is 0 Å². The summed E-state index contributed by atoms with van der Waals surface area (Å²) < 4.78 is 0. The molecule has 1 aromatic rings. The van der Waals surface area contributed by atoms with Gasteiger partial charge in [0.15, 0.2) is 0 Å². The van der Waals surface area contributed by atoms with Crippen LogP contribution < -0.4 is 10.2 Å². The number of piperidine rings is 1. The van der Waals surface area contributed by atoms with E-state index < -0.39 is 0 Å². The van der Waals surface area contributed by atoms with E-state index in [1.165, 1.54) is 43.6 Å². The molecule has 2 aliphatic rings. The second kappa shape index (κ2) is 6.73. The molecule has 4 nitrogen and oxygen atoms in total. The number of nitrogens with one attached hydrogen (secondary N) is 1. The van der Waals surface area contributed by atoms with Crippen molar-refractivity contribution >= 4 is 5.95 Å². The van der Waals surface area contributed by atoms with E-state index in [0.29, 0.717) is 0 Å². The summed E-state index contributed by atoms with van der Waals surface area (Å²) in [6, 6.07) is 2.92. The van der Waals surface area contributed by atoms with Gasteiger partial charge in [0.1, 0.15) is 0 Å². The molecule has 0 saturated carbocycles. The fourth-order valence-corrected chi connectivity index (χ4v) is 3.66. The van der Waals surface area contributed by atoms with Crippen molar-refractivity contribution in [3.05, 3.63) is 17.5 Å². The third-order valence-electron chi connectivity index (χ3n) is 5.03. The van der Waals surface area contributed by atoms with Crippen molar-refractivity contribution in [2.45, 2.75) is 58.4 Å². The lowest BCUT2D eigenvalue weighted by molar-refractivity contribution is 0.317. The second-order valence-corrected chi connectivity index (χ2v) is 6.39. The lowest BCUT2D eigenvalue weighted by Crippen LogP contribution is -2.41. The normalized spacial score (nSPS) is 23.7. The first-order valence-corrected chi connectivity index (χ1v) is 8.65. The molecule has 0 amide bonds. The topological polar surface area (TPSA) is 41.1 Å². The Labute approximate surface area is 128 Å². The molecule has 0 aliphatic carbocycles. The number of hydrogen-bond donors (Lipinski definition) is 1. The quantitative estimate of drug-likeness (QED) is 0.924. The first kappa shape index (κ1) is 14.8. The van der Waals surface area contributed by atoms with Crippen molar-refractivity contribution in [1.82, 2.24) is 15.3 Å². The Kier molecular flexibility index (Phi) is 4.73. The van der Waals surface area contributed by atoms with Crippen LogP contribution in [0.5, 0.6) is 0 Å². The van der Waals surface area contributed by atoms with Gasteiger partial charge in [-0.15, -0.1) is 0 Å². The van der Waals surface area contributed by atoms with Gasteiger partial charge in [-0.05, 0) is 57.1 Å². The Morgan fingerprint density at radius 3 is 2.29 bits per heavy atom. The number of nitrogens with zero attached hydrogens (tertiary/aromatic N) is 3. The molecule has 0 bridgehead atoms. The van der Waals surface area contributed by atoms with Gasteiger partial charge in [0.2, 0.25) is 5.95 Å². The molecule has 1 N–H and O–H groups in total. The lowest BCUT2D eigenvalue weighted by atomic mass is 9.89. The molecule has 0 aromatic carbocycles. The standard InChI is InChI=1S/C17H28N4/c1-3-14-12-15(4-2)20-17(19-14)21-10-7-13(8-11-21)16-6-5-9-18-16/h12-13,16,18H,3-11H2,1-2H3. The summed E-state index contributed by atoms with van der Waals surface area (Å²) in [7, 11) is 0. The second-order valence-electron chi connectivity index (χ2n) is 6.39. The summed E-state index contributed by atoms with van der Waals surface area (Å²) in [4.78, 5) is 11.9. The highest BCUT2D eigenvalue weighted by molar-refractivity contribution is 5.33. The number of anilines is 1. The molecular formula is C17H28N4. The van der Waals surface area contributed by atoms with Crippen molar-refractivity contribution in [2.75, 3.05) is 24.5 Å². The summed E-state index contributed by atoms with van der Waals surface area (Å²) in [5, 5.41) is 3.67. The van der Waals surface area contributed by atoms with E-state index >= 15 is 0 Å². The number of rotatable bonds is 4. The van der Waals surface area contributed by atoms with Gasteiger partial charge < -0.3 is 10.2 Å². The maximum absolute atomic E-state index is 4.75. The number of aryl methyl sites for hydroxylation is 2. The molecule has 0 radical (unpaired) electrons. The molecule has 2 aliphatic heterocycles. The molecule has 3 heterocycles. The Bertz CT molecular complexity index is 438. The zero-order valence-electron chi connectivity index (χ0n) is 13.4. The fraction of sp³-hybridized carbons (Fsp3) is 0.765. The maximum atomic E-state index is 4.75. The Morgan fingerprint density at radius 2 is 1.76 bits per heavy atom. The van der Waals surface area contributed by atoms with Gasteiger partial charge in [-0.2, -0.15) is 0 Å². The van der Waals surface area contributed by atoms with Crippen LogP contribution in [0.15, 0.2) is 6.07 Å². The maximum Gasteiger partial charge on any atom is 0.225 e. The molecule has 1 aromatic heterocycles. The van der Waals surface area contributed by atoms with Crippen LogP contribution >= 0.6 is 0 Å². The van der Waals surface area contributed by atoms with Gasteiger partial charge in [0.05, 0.1) is 0 Å². The van der Waals surface area contributed by atoms with E-state index in [1.54, 1.807) is 0 Å². The van der Waals surface area contributed by atoms with E-state index in [0.717, 1.165) is 43.8 Å². The SMILES string of the molecule is CCc1cc(CC)nc(N2CCC(C3CCCN3)CC2)n1. The van der Waals surface area contributed by atoms with Crippen LogP contribution in [0, 0.1) is 5.92 Å². The van der Waals surface area contributed by atoms with Crippen LogP contribution in [-0.4, -0.2) is 35.6 Å². The summed E-state index contributed by atoms with van der Waals surface area (Å²) in [6.45, 7) is 7.78. The molecule has 0 spiro atoms. The monoisotopic (exact) mass is 288 g/mol. The van der Waals surface area contributed by atoms with E-state index in [-0.39, 0.29) is 0 Å². The van der Waals surface area contributed by atoms with Crippen LogP contribution in [0.3, 0.4) is 0 Å². The Morgan fingerprint density at radius 1 is 1.10 bits per heavy atom. The van der Waals surface area contributed by atoms with E-state index in [2.05, 4.69) is 30.1 Å². The van der Waals surface area contributed by atoms with Crippen molar-refractivity contribution < 1.29 is 0 Å². The minimum absolute atomic E-state index is 0.765. The van der Waals surface area contributed by atoms with Crippen molar-refractivity contribution in [1.29, 1.82) is 0 Å². The first-order valence-electron chi connectivity index (χ1n) is 8.65. The van der Waals surface area contributed by atoms with Crippen LogP contribution in [0.2, 0.25) is 0 Å². The average molecular weight is 288 g/mol. The molecule has 21 heavy (non-hydrogen) atoms. The van der Waals surface area contributed by atoms with Crippen LogP contribution in [-0.2, 0) is 12.8 Å². The molecule has 116 valence electrons. The molecule has 3 rings (SSSR count). The summed E-state index contributed by atoms with van der Waals surface area (Å²) >= 11 is 0. The molecule has 1 unspecified atom stereocenters. The molecule has 1 atom stereocenters. The van der Waals surface area contributed by atoms with E-state index in [1.807, 2.05) is 0 Å². The predicted molar refractivity (Wildman–Crippen MR) is 86.7 cm³/mol. The molecule has 4 heteroatoms. The smallest absolute Gasteiger partial charge is 0.225 e. The van der Waals surface area contributed by atoms with E-state index in [9.17, 15) is 0 Å². The Balaban J connectivity index is 1.65. The van der Waals surface area contributed by atoms with Gasteiger partial charge in [-0.1, -0.05) is 13.8 Å². The van der Waals surface area contributed by atoms with Crippen molar-refractivity contribution in [3.63, 3.8) is 0 Å². The largest absolute Gasteiger partial charge is 0.341 e. The summed E-state index contributed by atoms with van der Waals surface area (Å²) in [6.07, 6.45) is 7.26. The number of aromatic nitrogens is 2. The Hall–Kier alpha value is -1.16. The van der Waals surface area contributed by atoms with E-state index in [4.69, 9.17) is 9.97 Å². The highest BCUT2D eigenvalue weighted by Gasteiger charge is 2.29. The highest BCUT2D eigenvalue weighted by atomic mass is 15.3.